The van der Waals surface area contributed by atoms with Crippen LogP contribution in [-0.4, -0.2) is 59.6 Å². The summed E-state index contributed by atoms with van der Waals surface area (Å²) in [5.74, 6) is 0.231. The fraction of sp³-hybridized carbons (Fsp3) is 0.933. The molecule has 19 heavy (non-hydrogen) atoms. The van der Waals surface area contributed by atoms with Crippen molar-refractivity contribution in [2.24, 2.45) is 5.41 Å². The lowest BCUT2D eigenvalue weighted by molar-refractivity contribution is -0.138. The molecule has 4 heteroatoms. The standard InChI is InChI=1S/C15H28N2O2/c1-15(2)10-16(3)13(8-9-18)14(19)17(11-15)12-6-4-5-7-12/h12-13,18H,4-11H2,1-3H3. The van der Waals surface area contributed by atoms with Crippen LogP contribution >= 0.6 is 0 Å². The molecule has 2 rings (SSSR count). The van der Waals surface area contributed by atoms with Crippen molar-refractivity contribution >= 4 is 5.91 Å². The lowest BCUT2D eigenvalue weighted by Crippen LogP contribution is -2.48. The number of nitrogens with zero attached hydrogens (tertiary/aromatic N) is 2. The van der Waals surface area contributed by atoms with Crippen LogP contribution < -0.4 is 0 Å². The molecule has 2 aliphatic rings. The molecule has 110 valence electrons. The molecule has 1 aliphatic carbocycles. The highest BCUT2D eigenvalue weighted by atomic mass is 16.3. The van der Waals surface area contributed by atoms with Crippen LogP contribution in [0.5, 0.6) is 0 Å². The zero-order valence-corrected chi connectivity index (χ0v) is 12.6. The molecule has 0 aromatic carbocycles. The molecule has 2 fully saturated rings. The van der Waals surface area contributed by atoms with Crippen molar-refractivity contribution in [2.45, 2.75) is 58.0 Å². The maximum atomic E-state index is 12.8. The van der Waals surface area contributed by atoms with Crippen LogP contribution in [0.3, 0.4) is 0 Å². The zero-order valence-electron chi connectivity index (χ0n) is 12.6. The largest absolute Gasteiger partial charge is 0.396 e. The van der Waals surface area contributed by atoms with Crippen molar-refractivity contribution in [3.63, 3.8) is 0 Å². The summed E-state index contributed by atoms with van der Waals surface area (Å²) in [6.07, 6.45) is 5.34. The summed E-state index contributed by atoms with van der Waals surface area (Å²) >= 11 is 0. The second-order valence-electron chi connectivity index (χ2n) is 7.01. The molecule has 1 aliphatic heterocycles. The first-order chi connectivity index (χ1) is 8.94. The van der Waals surface area contributed by atoms with Crippen LogP contribution in [0.15, 0.2) is 0 Å². The maximum absolute atomic E-state index is 12.8. The van der Waals surface area contributed by atoms with Crippen LogP contribution in [0.4, 0.5) is 0 Å². The minimum atomic E-state index is -0.146. The lowest BCUT2D eigenvalue weighted by atomic mass is 9.92. The van der Waals surface area contributed by atoms with Gasteiger partial charge >= 0.3 is 0 Å². The van der Waals surface area contributed by atoms with Gasteiger partial charge in [0, 0.05) is 25.7 Å². The molecule has 0 bridgehead atoms. The fourth-order valence-electron chi connectivity index (χ4n) is 3.75. The summed E-state index contributed by atoms with van der Waals surface area (Å²) in [5.41, 5.74) is 0.122. The Morgan fingerprint density at radius 2 is 1.89 bits per heavy atom. The predicted octanol–water partition coefficient (Wildman–Crippen LogP) is 1.48. The Hall–Kier alpha value is -0.610. The zero-order chi connectivity index (χ0) is 14.0. The SMILES string of the molecule is CN1CC(C)(C)CN(C2CCCC2)C(=O)C1CCO. The van der Waals surface area contributed by atoms with Gasteiger partial charge in [-0.3, -0.25) is 9.69 Å². The third-order valence-corrected chi connectivity index (χ3v) is 4.54. The normalized spacial score (nSPS) is 29.8. The van der Waals surface area contributed by atoms with E-state index in [1.165, 1.54) is 12.8 Å². The van der Waals surface area contributed by atoms with Gasteiger partial charge in [0.2, 0.25) is 5.91 Å². The second kappa shape index (κ2) is 5.80. The van der Waals surface area contributed by atoms with Crippen LogP contribution in [0, 0.1) is 5.41 Å². The second-order valence-corrected chi connectivity index (χ2v) is 7.01. The summed E-state index contributed by atoms with van der Waals surface area (Å²) in [6.45, 7) is 6.31. The molecule has 0 spiro atoms. The number of aliphatic hydroxyl groups is 1. The van der Waals surface area contributed by atoms with Crippen molar-refractivity contribution in [1.82, 2.24) is 9.80 Å². The number of carbonyl (C=O) groups excluding carboxylic acids is 1. The van der Waals surface area contributed by atoms with E-state index in [0.717, 1.165) is 25.9 Å². The highest BCUT2D eigenvalue weighted by Gasteiger charge is 2.40. The first-order valence-corrected chi connectivity index (χ1v) is 7.56. The molecule has 1 saturated heterocycles. The quantitative estimate of drug-likeness (QED) is 0.843. The molecule has 1 saturated carbocycles. The van der Waals surface area contributed by atoms with E-state index in [2.05, 4.69) is 23.6 Å². The number of likely N-dealkylation sites (N-methyl/N-ethyl adjacent to an activating group) is 1. The lowest BCUT2D eigenvalue weighted by Gasteiger charge is -2.34. The summed E-state index contributed by atoms with van der Waals surface area (Å²) in [4.78, 5) is 17.0. The highest BCUT2D eigenvalue weighted by Crippen LogP contribution is 2.31. The van der Waals surface area contributed by atoms with E-state index in [1.54, 1.807) is 0 Å². The Morgan fingerprint density at radius 3 is 2.47 bits per heavy atom. The Bertz CT molecular complexity index is 324. The Kier molecular flexibility index (Phi) is 4.51. The molecule has 1 heterocycles. The summed E-state index contributed by atoms with van der Waals surface area (Å²) in [6, 6.07) is 0.284. The molecule has 1 atom stereocenters. The minimum absolute atomic E-state index is 0.0830. The molecule has 0 aromatic heterocycles. The van der Waals surface area contributed by atoms with E-state index in [1.807, 2.05) is 7.05 Å². The van der Waals surface area contributed by atoms with E-state index >= 15 is 0 Å². The molecule has 0 radical (unpaired) electrons. The summed E-state index contributed by atoms with van der Waals surface area (Å²) in [5, 5.41) is 9.23. The number of carbonyl (C=O) groups is 1. The molecular weight excluding hydrogens is 240 g/mol. The topological polar surface area (TPSA) is 43.8 Å². The van der Waals surface area contributed by atoms with Gasteiger partial charge in [0.25, 0.3) is 0 Å². The third kappa shape index (κ3) is 3.29. The van der Waals surface area contributed by atoms with Gasteiger partial charge in [-0.15, -0.1) is 0 Å². The van der Waals surface area contributed by atoms with Crippen LogP contribution in [0.1, 0.15) is 46.0 Å². The monoisotopic (exact) mass is 268 g/mol. The van der Waals surface area contributed by atoms with Crippen molar-refractivity contribution in [3.05, 3.63) is 0 Å². The van der Waals surface area contributed by atoms with Crippen molar-refractivity contribution in [2.75, 3.05) is 26.7 Å². The van der Waals surface area contributed by atoms with Crippen LogP contribution in [0.25, 0.3) is 0 Å². The molecule has 1 amide bonds. The number of rotatable bonds is 3. The van der Waals surface area contributed by atoms with Gasteiger partial charge in [0.1, 0.15) is 0 Å². The van der Waals surface area contributed by atoms with Crippen LogP contribution in [0.2, 0.25) is 0 Å². The Balaban J connectivity index is 2.21. The van der Waals surface area contributed by atoms with Gasteiger partial charge in [-0.25, -0.2) is 0 Å². The van der Waals surface area contributed by atoms with E-state index in [4.69, 9.17) is 0 Å². The summed E-state index contributed by atoms with van der Waals surface area (Å²) < 4.78 is 0. The maximum Gasteiger partial charge on any atom is 0.240 e. The van der Waals surface area contributed by atoms with Gasteiger partial charge in [-0.05, 0) is 31.7 Å². The van der Waals surface area contributed by atoms with Gasteiger partial charge in [-0.2, -0.15) is 0 Å². The minimum Gasteiger partial charge on any atom is -0.396 e. The Labute approximate surface area is 116 Å². The van der Waals surface area contributed by atoms with Gasteiger partial charge in [0.15, 0.2) is 0 Å². The van der Waals surface area contributed by atoms with Crippen LogP contribution in [-0.2, 0) is 4.79 Å². The molecular formula is C15H28N2O2. The first-order valence-electron chi connectivity index (χ1n) is 7.56. The van der Waals surface area contributed by atoms with Crippen molar-refractivity contribution in [1.29, 1.82) is 0 Å². The van der Waals surface area contributed by atoms with Crippen molar-refractivity contribution in [3.8, 4) is 0 Å². The molecule has 4 nitrogen and oxygen atoms in total. The number of amides is 1. The average Bonchev–Trinajstić information content (AvgIpc) is 2.82. The smallest absolute Gasteiger partial charge is 0.240 e. The number of aliphatic hydroxyl groups excluding tert-OH is 1. The fourth-order valence-corrected chi connectivity index (χ4v) is 3.75. The van der Waals surface area contributed by atoms with Crippen molar-refractivity contribution < 1.29 is 9.90 Å². The van der Waals surface area contributed by atoms with E-state index < -0.39 is 0 Å². The number of hydrogen-bond donors (Lipinski definition) is 1. The average molecular weight is 268 g/mol. The molecule has 1 unspecified atom stereocenters. The van der Waals surface area contributed by atoms with Gasteiger partial charge in [0.05, 0.1) is 6.04 Å². The summed E-state index contributed by atoms with van der Waals surface area (Å²) in [7, 11) is 2.01. The van der Waals surface area contributed by atoms with Gasteiger partial charge < -0.3 is 10.0 Å². The number of hydrogen-bond acceptors (Lipinski definition) is 3. The Morgan fingerprint density at radius 1 is 1.26 bits per heavy atom. The first kappa shape index (κ1) is 14.8. The van der Waals surface area contributed by atoms with E-state index in [-0.39, 0.29) is 24.0 Å². The predicted molar refractivity (Wildman–Crippen MR) is 75.9 cm³/mol. The van der Waals surface area contributed by atoms with E-state index in [9.17, 15) is 9.90 Å². The van der Waals surface area contributed by atoms with Gasteiger partial charge in [-0.1, -0.05) is 26.7 Å². The third-order valence-electron chi connectivity index (χ3n) is 4.54. The molecule has 0 aromatic rings. The molecule has 1 N–H and O–H groups in total. The highest BCUT2D eigenvalue weighted by molar-refractivity contribution is 5.82. The van der Waals surface area contributed by atoms with E-state index in [0.29, 0.717) is 12.5 Å².